The molecule has 0 radical (unpaired) electrons. The minimum Gasteiger partial charge on any atom is -0.497 e. The van der Waals surface area contributed by atoms with Gasteiger partial charge in [0.05, 0.1) is 18.1 Å². The van der Waals surface area contributed by atoms with E-state index >= 15 is 0 Å². The number of methoxy groups -OCH3 is 1. The first-order chi connectivity index (χ1) is 8.04. The van der Waals surface area contributed by atoms with Crippen LogP contribution in [-0.4, -0.2) is 36.6 Å². The lowest BCUT2D eigenvalue weighted by molar-refractivity contribution is 0.316. The zero-order chi connectivity index (χ0) is 12.8. The lowest BCUT2D eigenvalue weighted by atomic mass is 10.1. The van der Waals surface area contributed by atoms with E-state index in [1.54, 1.807) is 7.11 Å². The quantitative estimate of drug-likeness (QED) is 0.784. The van der Waals surface area contributed by atoms with Gasteiger partial charge in [-0.05, 0) is 38.1 Å². The highest BCUT2D eigenvalue weighted by atomic mass is 32.1. The van der Waals surface area contributed by atoms with Crippen LogP contribution in [0.3, 0.4) is 0 Å². The number of nitrogens with zero attached hydrogens (tertiary/aromatic N) is 1. The Balaban J connectivity index is 2.47. The summed E-state index contributed by atoms with van der Waals surface area (Å²) in [4.78, 5) is 2.70. The molecule has 0 aliphatic carbocycles. The summed E-state index contributed by atoms with van der Waals surface area (Å²) in [7, 11) is 3.71. The molecule has 0 aliphatic rings. The lowest BCUT2D eigenvalue weighted by Crippen LogP contribution is -2.40. The molecule has 0 fully saturated rings. The third-order valence-electron chi connectivity index (χ3n) is 2.99. The second-order valence-electron chi connectivity index (χ2n) is 4.16. The van der Waals surface area contributed by atoms with E-state index in [2.05, 4.69) is 17.0 Å². The molecule has 1 atom stereocenters. The third kappa shape index (κ3) is 4.32. The largest absolute Gasteiger partial charge is 0.497 e. The predicted octanol–water partition coefficient (Wildman–Crippen LogP) is 1.84. The fourth-order valence-electron chi connectivity index (χ4n) is 1.51. The Labute approximate surface area is 109 Å². The van der Waals surface area contributed by atoms with E-state index in [9.17, 15) is 0 Å². The number of nitrogens with two attached hydrogens (primary N) is 1. The molecule has 0 bridgehead atoms. The molecule has 1 unspecified atom stereocenters. The van der Waals surface area contributed by atoms with Crippen LogP contribution in [-0.2, 0) is 6.42 Å². The van der Waals surface area contributed by atoms with Gasteiger partial charge in [0.2, 0.25) is 0 Å². The molecule has 0 saturated heterocycles. The third-order valence-corrected chi connectivity index (χ3v) is 3.33. The van der Waals surface area contributed by atoms with Crippen LogP contribution in [0.25, 0.3) is 0 Å². The number of likely N-dealkylation sites (N-methyl/N-ethyl adjacent to an activating group) is 1. The van der Waals surface area contributed by atoms with Crippen LogP contribution in [0.4, 0.5) is 0 Å². The van der Waals surface area contributed by atoms with Crippen molar-refractivity contribution in [3.05, 3.63) is 29.8 Å². The van der Waals surface area contributed by atoms with Crippen molar-refractivity contribution in [1.82, 2.24) is 4.90 Å². The van der Waals surface area contributed by atoms with Crippen molar-refractivity contribution in [2.75, 3.05) is 20.7 Å². The SMILES string of the molecule is COc1ccc(CCN(C)C(C)C(N)=S)cc1. The fourth-order valence-corrected chi connectivity index (χ4v) is 1.69. The van der Waals surface area contributed by atoms with Gasteiger partial charge in [0.1, 0.15) is 5.75 Å². The van der Waals surface area contributed by atoms with Crippen LogP contribution in [0.15, 0.2) is 24.3 Å². The maximum absolute atomic E-state index is 5.62. The Morgan fingerprint density at radius 1 is 1.41 bits per heavy atom. The number of ether oxygens (including phenoxy) is 1. The van der Waals surface area contributed by atoms with E-state index in [0.717, 1.165) is 18.7 Å². The number of rotatable bonds is 6. The summed E-state index contributed by atoms with van der Waals surface area (Å²) < 4.78 is 5.12. The molecule has 0 amide bonds. The number of hydrogen-bond donors (Lipinski definition) is 1. The summed E-state index contributed by atoms with van der Waals surface area (Å²) in [6.45, 7) is 2.96. The second kappa shape index (κ2) is 6.57. The van der Waals surface area contributed by atoms with Gasteiger partial charge in [0.15, 0.2) is 0 Å². The van der Waals surface area contributed by atoms with Crippen molar-refractivity contribution < 1.29 is 4.74 Å². The highest BCUT2D eigenvalue weighted by Crippen LogP contribution is 2.12. The topological polar surface area (TPSA) is 38.5 Å². The standard InChI is InChI=1S/C13H20N2OS/c1-10(13(14)17)15(2)9-8-11-4-6-12(16-3)7-5-11/h4-7,10H,8-9H2,1-3H3,(H2,14,17). The Morgan fingerprint density at radius 2 is 2.00 bits per heavy atom. The first-order valence-corrected chi connectivity index (χ1v) is 6.08. The van der Waals surface area contributed by atoms with Gasteiger partial charge in [-0.3, -0.25) is 4.90 Å². The number of benzene rings is 1. The van der Waals surface area contributed by atoms with E-state index in [0.29, 0.717) is 4.99 Å². The van der Waals surface area contributed by atoms with Gasteiger partial charge in [0, 0.05) is 6.54 Å². The van der Waals surface area contributed by atoms with Crippen LogP contribution in [0.5, 0.6) is 5.75 Å². The molecule has 1 aromatic rings. The summed E-state index contributed by atoms with van der Waals surface area (Å²) in [5.41, 5.74) is 6.90. The van der Waals surface area contributed by atoms with E-state index in [1.807, 2.05) is 26.1 Å². The van der Waals surface area contributed by atoms with Crippen LogP contribution < -0.4 is 10.5 Å². The summed E-state index contributed by atoms with van der Waals surface area (Å²) in [6, 6.07) is 8.26. The lowest BCUT2D eigenvalue weighted by Gasteiger charge is -2.23. The molecule has 0 saturated carbocycles. The molecule has 94 valence electrons. The number of thiocarbonyl (C=S) groups is 1. The predicted molar refractivity (Wildman–Crippen MR) is 75.6 cm³/mol. The average molecular weight is 252 g/mol. The van der Waals surface area contributed by atoms with E-state index in [-0.39, 0.29) is 6.04 Å². The van der Waals surface area contributed by atoms with E-state index in [4.69, 9.17) is 22.7 Å². The van der Waals surface area contributed by atoms with Gasteiger partial charge in [0.25, 0.3) is 0 Å². The average Bonchev–Trinajstić information content (AvgIpc) is 2.35. The molecule has 4 heteroatoms. The summed E-state index contributed by atoms with van der Waals surface area (Å²) in [5, 5.41) is 0. The molecule has 3 nitrogen and oxygen atoms in total. The van der Waals surface area contributed by atoms with Crippen molar-refractivity contribution in [2.24, 2.45) is 5.73 Å². The van der Waals surface area contributed by atoms with Gasteiger partial charge in [-0.1, -0.05) is 24.4 Å². The van der Waals surface area contributed by atoms with Crippen LogP contribution in [0.2, 0.25) is 0 Å². The zero-order valence-corrected chi connectivity index (χ0v) is 11.5. The monoisotopic (exact) mass is 252 g/mol. The molecule has 1 aromatic carbocycles. The van der Waals surface area contributed by atoms with Crippen molar-refractivity contribution in [1.29, 1.82) is 0 Å². The fraction of sp³-hybridized carbons (Fsp3) is 0.462. The number of hydrogen-bond acceptors (Lipinski definition) is 3. The smallest absolute Gasteiger partial charge is 0.118 e. The van der Waals surface area contributed by atoms with Gasteiger partial charge in [-0.25, -0.2) is 0 Å². The Morgan fingerprint density at radius 3 is 2.47 bits per heavy atom. The van der Waals surface area contributed by atoms with Gasteiger partial charge < -0.3 is 10.5 Å². The normalized spacial score (nSPS) is 12.5. The molecule has 2 N–H and O–H groups in total. The molecule has 0 aliphatic heterocycles. The molecule has 17 heavy (non-hydrogen) atoms. The zero-order valence-electron chi connectivity index (χ0n) is 10.6. The molecule has 0 spiro atoms. The van der Waals surface area contributed by atoms with Crippen LogP contribution >= 0.6 is 12.2 Å². The van der Waals surface area contributed by atoms with Gasteiger partial charge in [-0.2, -0.15) is 0 Å². The summed E-state index contributed by atoms with van der Waals surface area (Å²) in [6.07, 6.45) is 0.980. The van der Waals surface area contributed by atoms with E-state index in [1.165, 1.54) is 5.56 Å². The maximum Gasteiger partial charge on any atom is 0.118 e. The minimum atomic E-state index is 0.142. The molecular formula is C13H20N2OS. The Hall–Kier alpha value is -1.13. The minimum absolute atomic E-state index is 0.142. The van der Waals surface area contributed by atoms with Gasteiger partial charge in [-0.15, -0.1) is 0 Å². The molecular weight excluding hydrogens is 232 g/mol. The van der Waals surface area contributed by atoms with Crippen LogP contribution in [0.1, 0.15) is 12.5 Å². The Kier molecular flexibility index (Phi) is 5.38. The highest BCUT2D eigenvalue weighted by Gasteiger charge is 2.11. The molecule has 1 rings (SSSR count). The second-order valence-corrected chi connectivity index (χ2v) is 4.63. The highest BCUT2D eigenvalue weighted by molar-refractivity contribution is 7.80. The van der Waals surface area contributed by atoms with Crippen LogP contribution in [0, 0.1) is 0 Å². The van der Waals surface area contributed by atoms with Crippen molar-refractivity contribution in [2.45, 2.75) is 19.4 Å². The van der Waals surface area contributed by atoms with Crippen molar-refractivity contribution in [3.63, 3.8) is 0 Å². The summed E-state index contributed by atoms with van der Waals surface area (Å²) >= 11 is 4.98. The summed E-state index contributed by atoms with van der Waals surface area (Å²) in [5.74, 6) is 0.888. The molecule has 0 heterocycles. The van der Waals surface area contributed by atoms with Gasteiger partial charge >= 0.3 is 0 Å². The van der Waals surface area contributed by atoms with Crippen molar-refractivity contribution in [3.8, 4) is 5.75 Å². The maximum atomic E-state index is 5.62. The molecule has 0 aromatic heterocycles. The first kappa shape index (κ1) is 13.9. The first-order valence-electron chi connectivity index (χ1n) is 5.67. The Bertz CT molecular complexity index is 364. The van der Waals surface area contributed by atoms with Crippen molar-refractivity contribution >= 4 is 17.2 Å². The van der Waals surface area contributed by atoms with E-state index < -0.39 is 0 Å².